The minimum Gasteiger partial charge on any atom is -0.398 e. The summed E-state index contributed by atoms with van der Waals surface area (Å²) >= 11 is 0. The number of sulfonamides is 1. The summed E-state index contributed by atoms with van der Waals surface area (Å²) in [5, 5.41) is 9.03. The van der Waals surface area contributed by atoms with Crippen molar-refractivity contribution in [3.05, 3.63) is 23.3 Å². The molecule has 0 aromatic heterocycles. The van der Waals surface area contributed by atoms with Gasteiger partial charge in [0.1, 0.15) is 4.90 Å². The normalized spacial score (nSPS) is 13.7. The number of anilines is 1. The minimum atomic E-state index is -3.68. The molecule has 0 fully saturated rings. The summed E-state index contributed by atoms with van der Waals surface area (Å²) in [6.07, 6.45) is 0.377. The number of benzene rings is 1. The molecule has 114 valence electrons. The van der Waals surface area contributed by atoms with E-state index in [1.54, 1.807) is 12.1 Å². The Hall–Kier alpha value is -1.11. The van der Waals surface area contributed by atoms with Gasteiger partial charge in [0.15, 0.2) is 0 Å². The van der Waals surface area contributed by atoms with Crippen LogP contribution < -0.4 is 10.5 Å². The number of nitrogen functional groups attached to an aromatic ring is 1. The Kier molecular flexibility index (Phi) is 5.56. The second kappa shape index (κ2) is 6.56. The van der Waals surface area contributed by atoms with Crippen LogP contribution in [-0.4, -0.2) is 26.2 Å². The van der Waals surface area contributed by atoms with E-state index in [4.69, 9.17) is 10.8 Å². The van der Waals surface area contributed by atoms with E-state index >= 15 is 0 Å². The average Bonchev–Trinajstić information content (AvgIpc) is 2.32. The highest BCUT2D eigenvalue weighted by atomic mass is 32.2. The minimum absolute atomic E-state index is 0.0617. The van der Waals surface area contributed by atoms with Crippen LogP contribution >= 0.6 is 0 Å². The fourth-order valence-electron chi connectivity index (χ4n) is 1.97. The molecule has 0 saturated heterocycles. The molecule has 1 unspecified atom stereocenters. The molecule has 0 aliphatic rings. The van der Waals surface area contributed by atoms with Crippen molar-refractivity contribution in [2.24, 2.45) is 5.92 Å². The van der Waals surface area contributed by atoms with E-state index in [1.165, 1.54) is 0 Å². The highest BCUT2D eigenvalue weighted by molar-refractivity contribution is 7.89. The van der Waals surface area contributed by atoms with Crippen molar-refractivity contribution in [3.8, 4) is 0 Å². The summed E-state index contributed by atoms with van der Waals surface area (Å²) < 4.78 is 27.5. The third kappa shape index (κ3) is 3.94. The SMILES string of the molecule is Cc1cc(N)c(S(=O)(=O)NC(CCO)C(C)C)cc1C. The molecule has 1 aromatic carbocycles. The molecule has 0 spiro atoms. The molecule has 6 heteroatoms. The van der Waals surface area contributed by atoms with Crippen molar-refractivity contribution >= 4 is 15.7 Å². The van der Waals surface area contributed by atoms with Gasteiger partial charge in [-0.15, -0.1) is 0 Å². The number of aliphatic hydroxyl groups excluding tert-OH is 1. The third-order valence-corrected chi connectivity index (χ3v) is 5.01. The lowest BCUT2D eigenvalue weighted by molar-refractivity contribution is 0.256. The van der Waals surface area contributed by atoms with Crippen molar-refractivity contribution in [2.75, 3.05) is 12.3 Å². The number of rotatable bonds is 6. The summed E-state index contributed by atoms with van der Waals surface area (Å²) in [6.45, 7) is 7.49. The van der Waals surface area contributed by atoms with Crippen LogP contribution in [0.4, 0.5) is 5.69 Å². The van der Waals surface area contributed by atoms with E-state index in [0.717, 1.165) is 11.1 Å². The summed E-state index contributed by atoms with van der Waals surface area (Å²) in [4.78, 5) is 0.101. The van der Waals surface area contributed by atoms with Crippen LogP contribution in [0.3, 0.4) is 0 Å². The zero-order chi connectivity index (χ0) is 15.5. The maximum atomic E-state index is 12.4. The molecule has 1 rings (SSSR count). The van der Waals surface area contributed by atoms with Crippen LogP contribution in [-0.2, 0) is 10.0 Å². The number of hydrogen-bond donors (Lipinski definition) is 3. The van der Waals surface area contributed by atoms with Gasteiger partial charge in [0.05, 0.1) is 5.69 Å². The molecule has 0 radical (unpaired) electrons. The molecule has 5 nitrogen and oxygen atoms in total. The van der Waals surface area contributed by atoms with Crippen LogP contribution in [0, 0.1) is 19.8 Å². The summed E-state index contributed by atoms with van der Waals surface area (Å²) in [6, 6.07) is 2.94. The van der Waals surface area contributed by atoms with Gasteiger partial charge in [-0.3, -0.25) is 0 Å². The lowest BCUT2D eigenvalue weighted by Crippen LogP contribution is -2.39. The third-order valence-electron chi connectivity index (χ3n) is 3.47. The van der Waals surface area contributed by atoms with Gasteiger partial charge in [0.2, 0.25) is 10.0 Å². The standard InChI is InChI=1S/C14H24N2O3S/c1-9(2)13(5-6-17)16-20(18,19)14-8-11(4)10(3)7-12(14)15/h7-9,13,16-17H,5-6,15H2,1-4H3. The molecule has 1 aromatic rings. The summed E-state index contributed by atoms with van der Waals surface area (Å²) in [5.74, 6) is 0.0877. The molecule has 0 aliphatic carbocycles. The fourth-order valence-corrected chi connectivity index (χ4v) is 3.59. The van der Waals surface area contributed by atoms with E-state index in [9.17, 15) is 8.42 Å². The number of aliphatic hydroxyl groups is 1. The molecule has 0 saturated carbocycles. The topological polar surface area (TPSA) is 92.4 Å². The van der Waals surface area contributed by atoms with Crippen LogP contribution in [0.1, 0.15) is 31.4 Å². The monoisotopic (exact) mass is 300 g/mol. The molecular formula is C14H24N2O3S. The first-order valence-corrected chi connectivity index (χ1v) is 8.17. The summed E-state index contributed by atoms with van der Waals surface area (Å²) in [7, 11) is -3.68. The van der Waals surface area contributed by atoms with Crippen molar-refractivity contribution in [1.82, 2.24) is 4.72 Å². The molecule has 0 aliphatic heterocycles. The van der Waals surface area contributed by atoms with Gasteiger partial charge < -0.3 is 10.8 Å². The first-order chi connectivity index (χ1) is 9.19. The molecule has 20 heavy (non-hydrogen) atoms. The molecule has 0 amide bonds. The number of hydrogen-bond acceptors (Lipinski definition) is 4. The average molecular weight is 300 g/mol. The maximum Gasteiger partial charge on any atom is 0.242 e. The predicted octanol–water partition coefficient (Wildman–Crippen LogP) is 1.57. The lowest BCUT2D eigenvalue weighted by Gasteiger charge is -2.22. The highest BCUT2D eigenvalue weighted by Crippen LogP contribution is 2.23. The fraction of sp³-hybridized carbons (Fsp3) is 0.571. The number of aryl methyl sites for hydroxylation is 2. The first-order valence-electron chi connectivity index (χ1n) is 6.69. The van der Waals surface area contributed by atoms with Crippen molar-refractivity contribution < 1.29 is 13.5 Å². The lowest BCUT2D eigenvalue weighted by atomic mass is 10.0. The van der Waals surface area contributed by atoms with Crippen LogP contribution in [0.25, 0.3) is 0 Å². The number of nitrogens with one attached hydrogen (secondary N) is 1. The van der Waals surface area contributed by atoms with E-state index in [2.05, 4.69) is 4.72 Å². The van der Waals surface area contributed by atoms with Gasteiger partial charge in [-0.25, -0.2) is 13.1 Å². The van der Waals surface area contributed by atoms with Gasteiger partial charge in [0, 0.05) is 12.6 Å². The molecular weight excluding hydrogens is 276 g/mol. The number of nitrogens with two attached hydrogens (primary N) is 1. The van der Waals surface area contributed by atoms with Gasteiger partial charge in [0.25, 0.3) is 0 Å². The van der Waals surface area contributed by atoms with Gasteiger partial charge in [-0.1, -0.05) is 13.8 Å². The van der Waals surface area contributed by atoms with E-state index in [1.807, 2.05) is 27.7 Å². The van der Waals surface area contributed by atoms with Crippen molar-refractivity contribution in [1.29, 1.82) is 0 Å². The molecule has 1 atom stereocenters. The Morgan fingerprint density at radius 1 is 1.25 bits per heavy atom. The Morgan fingerprint density at radius 3 is 2.30 bits per heavy atom. The first kappa shape index (κ1) is 16.9. The van der Waals surface area contributed by atoms with Crippen LogP contribution in [0.5, 0.6) is 0 Å². The molecule has 0 heterocycles. The Balaban J connectivity index is 3.13. The predicted molar refractivity (Wildman–Crippen MR) is 81.0 cm³/mol. The Bertz CT molecular complexity index is 568. The summed E-state index contributed by atoms with van der Waals surface area (Å²) in [5.41, 5.74) is 7.91. The zero-order valence-electron chi connectivity index (χ0n) is 12.5. The zero-order valence-corrected chi connectivity index (χ0v) is 13.3. The van der Waals surface area contributed by atoms with Gasteiger partial charge >= 0.3 is 0 Å². The van der Waals surface area contributed by atoms with E-state index in [-0.39, 0.29) is 29.1 Å². The smallest absolute Gasteiger partial charge is 0.242 e. The Morgan fingerprint density at radius 2 is 1.80 bits per heavy atom. The van der Waals surface area contributed by atoms with Crippen molar-refractivity contribution in [2.45, 2.75) is 45.1 Å². The highest BCUT2D eigenvalue weighted by Gasteiger charge is 2.24. The van der Waals surface area contributed by atoms with Gasteiger partial charge in [-0.2, -0.15) is 0 Å². The largest absolute Gasteiger partial charge is 0.398 e. The second-order valence-electron chi connectivity index (χ2n) is 5.46. The van der Waals surface area contributed by atoms with E-state index in [0.29, 0.717) is 6.42 Å². The molecule has 0 bridgehead atoms. The maximum absolute atomic E-state index is 12.4. The van der Waals surface area contributed by atoms with Crippen LogP contribution in [0.2, 0.25) is 0 Å². The van der Waals surface area contributed by atoms with E-state index < -0.39 is 10.0 Å². The van der Waals surface area contributed by atoms with Crippen LogP contribution in [0.15, 0.2) is 17.0 Å². The van der Waals surface area contributed by atoms with Crippen molar-refractivity contribution in [3.63, 3.8) is 0 Å². The second-order valence-corrected chi connectivity index (χ2v) is 7.14. The quantitative estimate of drug-likeness (QED) is 0.695. The molecule has 4 N–H and O–H groups in total. The Labute approximate surface area is 121 Å². The van der Waals surface area contributed by atoms with Gasteiger partial charge in [-0.05, 0) is 49.4 Å².